The second-order valence-electron chi connectivity index (χ2n) is 7.05. The molecule has 0 aliphatic carbocycles. The molecule has 0 atom stereocenters. The first kappa shape index (κ1) is 19.2. The van der Waals surface area contributed by atoms with E-state index < -0.39 is 0 Å². The molecule has 2 aromatic carbocycles. The minimum Gasteiger partial charge on any atom is -0.493 e. The van der Waals surface area contributed by atoms with Gasteiger partial charge in [-0.1, -0.05) is 12.1 Å². The van der Waals surface area contributed by atoms with Gasteiger partial charge < -0.3 is 18.8 Å². The summed E-state index contributed by atoms with van der Waals surface area (Å²) < 4.78 is 29.5. The quantitative estimate of drug-likeness (QED) is 0.439. The van der Waals surface area contributed by atoms with Crippen molar-refractivity contribution in [3.63, 3.8) is 0 Å². The molecule has 1 fully saturated rings. The Labute approximate surface area is 168 Å². The Morgan fingerprint density at radius 1 is 1.10 bits per heavy atom. The number of ether oxygens (including phenoxy) is 2. The number of anilines is 1. The number of oxazole rings is 1. The standard InChI is InChI=1S/C22H23FN2O4/c23-17-6-8-18(9-7-17)27-14-3-15-28-21(26)16-10-12-25(13-11-16)22-24-19-4-1-2-5-20(19)29-22/h1-2,4-9,16H,3,10-15H2. The largest absolute Gasteiger partial charge is 0.493 e. The van der Waals surface area contributed by atoms with Crippen molar-refractivity contribution in [1.82, 2.24) is 4.98 Å². The number of hydrogen-bond donors (Lipinski definition) is 0. The Kier molecular flexibility index (Phi) is 5.93. The van der Waals surface area contributed by atoms with Gasteiger partial charge >= 0.3 is 5.97 Å². The lowest BCUT2D eigenvalue weighted by Gasteiger charge is -2.29. The van der Waals surface area contributed by atoms with E-state index in [9.17, 15) is 9.18 Å². The maximum atomic E-state index is 12.8. The summed E-state index contributed by atoms with van der Waals surface area (Å²) in [5, 5.41) is 0. The summed E-state index contributed by atoms with van der Waals surface area (Å²) >= 11 is 0. The Hall–Kier alpha value is -3.09. The van der Waals surface area contributed by atoms with Gasteiger partial charge in [-0.2, -0.15) is 4.98 Å². The SMILES string of the molecule is O=C(OCCCOc1ccc(F)cc1)C1CCN(c2nc3ccccc3o2)CC1. The van der Waals surface area contributed by atoms with E-state index in [2.05, 4.69) is 9.88 Å². The average Bonchev–Trinajstić information content (AvgIpc) is 3.19. The highest BCUT2D eigenvalue weighted by Crippen LogP contribution is 2.26. The second kappa shape index (κ2) is 8.94. The van der Waals surface area contributed by atoms with Crippen molar-refractivity contribution in [3.05, 3.63) is 54.3 Å². The highest BCUT2D eigenvalue weighted by atomic mass is 19.1. The van der Waals surface area contributed by atoms with Crippen LogP contribution in [0.1, 0.15) is 19.3 Å². The van der Waals surface area contributed by atoms with Crippen molar-refractivity contribution in [2.75, 3.05) is 31.2 Å². The van der Waals surface area contributed by atoms with Gasteiger partial charge in [0.15, 0.2) is 5.58 Å². The number of halogens is 1. The van der Waals surface area contributed by atoms with Crippen LogP contribution in [0.2, 0.25) is 0 Å². The van der Waals surface area contributed by atoms with Crippen molar-refractivity contribution in [3.8, 4) is 5.75 Å². The summed E-state index contributed by atoms with van der Waals surface area (Å²) in [6.07, 6.45) is 2.01. The molecule has 0 saturated carbocycles. The Morgan fingerprint density at radius 2 is 1.86 bits per heavy atom. The van der Waals surface area contributed by atoms with Gasteiger partial charge in [0.2, 0.25) is 0 Å². The van der Waals surface area contributed by atoms with E-state index in [0.29, 0.717) is 57.3 Å². The third-order valence-corrected chi connectivity index (χ3v) is 5.00. The van der Waals surface area contributed by atoms with Gasteiger partial charge in [0.1, 0.15) is 17.1 Å². The number of hydrogen-bond acceptors (Lipinski definition) is 6. The first-order chi connectivity index (χ1) is 14.2. The molecule has 2 heterocycles. The van der Waals surface area contributed by atoms with Crippen LogP contribution in [-0.4, -0.2) is 37.3 Å². The molecule has 3 aromatic rings. The van der Waals surface area contributed by atoms with Gasteiger partial charge in [0, 0.05) is 19.5 Å². The molecule has 29 heavy (non-hydrogen) atoms. The third-order valence-electron chi connectivity index (χ3n) is 5.00. The number of fused-ring (bicyclic) bond motifs is 1. The number of rotatable bonds is 7. The molecule has 0 spiro atoms. The Morgan fingerprint density at radius 3 is 2.62 bits per heavy atom. The molecule has 7 heteroatoms. The molecule has 0 bridgehead atoms. The highest BCUT2D eigenvalue weighted by molar-refractivity contribution is 5.75. The van der Waals surface area contributed by atoms with E-state index in [1.165, 1.54) is 12.1 Å². The molecule has 0 radical (unpaired) electrons. The van der Waals surface area contributed by atoms with Gasteiger partial charge in [-0.15, -0.1) is 0 Å². The number of aromatic nitrogens is 1. The topological polar surface area (TPSA) is 64.8 Å². The number of piperidine rings is 1. The predicted octanol–water partition coefficient (Wildman–Crippen LogP) is 4.20. The minimum absolute atomic E-state index is 0.103. The lowest BCUT2D eigenvalue weighted by molar-refractivity contribution is -0.149. The number of esters is 1. The molecule has 1 aliphatic heterocycles. The molecule has 4 rings (SSSR count). The van der Waals surface area contributed by atoms with Gasteiger partial charge in [-0.3, -0.25) is 4.79 Å². The third kappa shape index (κ3) is 4.85. The second-order valence-corrected chi connectivity index (χ2v) is 7.05. The van der Waals surface area contributed by atoms with Gasteiger partial charge in [-0.25, -0.2) is 4.39 Å². The van der Waals surface area contributed by atoms with E-state index in [1.807, 2.05) is 24.3 Å². The molecule has 1 aliphatic rings. The van der Waals surface area contributed by atoms with Crippen LogP contribution in [0.4, 0.5) is 10.4 Å². The van der Waals surface area contributed by atoms with Crippen LogP contribution >= 0.6 is 0 Å². The number of nitrogens with zero attached hydrogens (tertiary/aromatic N) is 2. The molecule has 0 amide bonds. The molecule has 6 nitrogen and oxygen atoms in total. The van der Waals surface area contributed by atoms with Crippen molar-refractivity contribution in [2.24, 2.45) is 5.92 Å². The Bertz CT molecular complexity index is 916. The smallest absolute Gasteiger partial charge is 0.309 e. The summed E-state index contributed by atoms with van der Waals surface area (Å²) in [6, 6.07) is 14.1. The lowest BCUT2D eigenvalue weighted by Crippen LogP contribution is -2.37. The van der Waals surface area contributed by atoms with E-state index >= 15 is 0 Å². The molecular weight excluding hydrogens is 375 g/mol. The average molecular weight is 398 g/mol. The molecule has 1 saturated heterocycles. The fourth-order valence-corrected chi connectivity index (χ4v) is 3.37. The molecule has 1 aromatic heterocycles. The fraction of sp³-hybridized carbons (Fsp3) is 0.364. The van der Waals surface area contributed by atoms with Crippen LogP contribution in [0, 0.1) is 11.7 Å². The van der Waals surface area contributed by atoms with Crippen LogP contribution in [0.5, 0.6) is 5.75 Å². The lowest BCUT2D eigenvalue weighted by atomic mass is 9.97. The molecule has 0 unspecified atom stereocenters. The highest BCUT2D eigenvalue weighted by Gasteiger charge is 2.28. The normalized spacial score (nSPS) is 14.9. The summed E-state index contributed by atoms with van der Waals surface area (Å²) in [5.74, 6) is 0.0374. The van der Waals surface area contributed by atoms with Crippen LogP contribution in [0.15, 0.2) is 52.9 Å². The zero-order valence-electron chi connectivity index (χ0n) is 16.1. The molecule has 0 N–H and O–H groups in total. The maximum absolute atomic E-state index is 12.8. The maximum Gasteiger partial charge on any atom is 0.309 e. The van der Waals surface area contributed by atoms with Crippen LogP contribution < -0.4 is 9.64 Å². The zero-order valence-corrected chi connectivity index (χ0v) is 16.1. The summed E-state index contributed by atoms with van der Waals surface area (Å²) in [4.78, 5) is 18.9. The Balaban J connectivity index is 1.16. The van der Waals surface area contributed by atoms with Crippen molar-refractivity contribution in [1.29, 1.82) is 0 Å². The minimum atomic E-state index is -0.298. The summed E-state index contributed by atoms with van der Waals surface area (Å²) in [5.41, 5.74) is 1.61. The van der Waals surface area contributed by atoms with Crippen molar-refractivity contribution < 1.29 is 23.1 Å². The van der Waals surface area contributed by atoms with E-state index in [1.54, 1.807) is 12.1 Å². The van der Waals surface area contributed by atoms with Crippen molar-refractivity contribution >= 4 is 23.1 Å². The zero-order chi connectivity index (χ0) is 20.1. The van der Waals surface area contributed by atoms with Crippen LogP contribution in [0.25, 0.3) is 11.1 Å². The summed E-state index contributed by atoms with van der Waals surface area (Å²) in [6.45, 7) is 2.14. The number of benzene rings is 2. The first-order valence-electron chi connectivity index (χ1n) is 9.84. The monoisotopic (exact) mass is 398 g/mol. The van der Waals surface area contributed by atoms with Gasteiger partial charge in [0.05, 0.1) is 19.1 Å². The van der Waals surface area contributed by atoms with Gasteiger partial charge in [-0.05, 0) is 49.2 Å². The van der Waals surface area contributed by atoms with Crippen LogP contribution in [0.3, 0.4) is 0 Å². The van der Waals surface area contributed by atoms with Crippen LogP contribution in [-0.2, 0) is 9.53 Å². The number of carbonyl (C=O) groups excluding carboxylic acids is 1. The van der Waals surface area contributed by atoms with E-state index in [0.717, 1.165) is 11.1 Å². The first-order valence-corrected chi connectivity index (χ1v) is 9.84. The molecule has 152 valence electrons. The van der Waals surface area contributed by atoms with Crippen molar-refractivity contribution in [2.45, 2.75) is 19.3 Å². The molecular formula is C22H23FN2O4. The summed E-state index contributed by atoms with van der Waals surface area (Å²) in [7, 11) is 0. The van der Waals surface area contributed by atoms with E-state index in [4.69, 9.17) is 13.9 Å². The number of carbonyl (C=O) groups is 1. The fourth-order valence-electron chi connectivity index (χ4n) is 3.37. The number of para-hydroxylation sites is 2. The predicted molar refractivity (Wildman–Crippen MR) is 106 cm³/mol. The van der Waals surface area contributed by atoms with E-state index in [-0.39, 0.29) is 17.7 Å². The van der Waals surface area contributed by atoms with Gasteiger partial charge in [0.25, 0.3) is 6.01 Å².